The number of piperidine rings is 3. The van der Waals surface area contributed by atoms with Gasteiger partial charge < -0.3 is 9.64 Å². The minimum atomic E-state index is 0.373. The van der Waals surface area contributed by atoms with Crippen molar-refractivity contribution in [2.24, 2.45) is 11.8 Å². The molecule has 158 valence electrons. The fourth-order valence-electron chi connectivity index (χ4n) is 6.43. The minimum absolute atomic E-state index is 0.373. The van der Waals surface area contributed by atoms with Gasteiger partial charge >= 0.3 is 0 Å². The van der Waals surface area contributed by atoms with Crippen LogP contribution in [0.1, 0.15) is 50.1 Å². The number of hydrogen-bond donors (Lipinski definition) is 0. The molecule has 0 radical (unpaired) electrons. The van der Waals surface area contributed by atoms with Crippen LogP contribution in [-0.2, 0) is 4.79 Å². The SMILES string of the molecule is COc1ccc([C@H]2CCC[C@H]3[C@@H]4C[C@@H](CN(C(=O)CN5CCCC5)C4)CN23)cc1. The number of fused-ring (bicyclic) bond motifs is 4. The molecule has 4 aliphatic rings. The summed E-state index contributed by atoms with van der Waals surface area (Å²) in [6.45, 7) is 5.92. The van der Waals surface area contributed by atoms with Gasteiger partial charge in [-0.05, 0) is 81.1 Å². The third-order valence-corrected chi connectivity index (χ3v) is 7.80. The van der Waals surface area contributed by atoms with Crippen molar-refractivity contribution in [2.45, 2.75) is 50.6 Å². The molecule has 0 saturated carbocycles. The predicted molar refractivity (Wildman–Crippen MR) is 114 cm³/mol. The Bertz CT molecular complexity index is 715. The van der Waals surface area contributed by atoms with Gasteiger partial charge in [-0.3, -0.25) is 14.6 Å². The van der Waals surface area contributed by atoms with E-state index in [-0.39, 0.29) is 0 Å². The van der Waals surface area contributed by atoms with E-state index in [1.165, 1.54) is 44.1 Å². The van der Waals surface area contributed by atoms with Crippen LogP contribution in [0.4, 0.5) is 0 Å². The molecule has 1 aromatic rings. The predicted octanol–water partition coefficient (Wildman–Crippen LogP) is 3.16. The molecule has 0 spiro atoms. The third-order valence-electron chi connectivity index (χ3n) is 7.80. The van der Waals surface area contributed by atoms with E-state index in [0.29, 0.717) is 36.4 Å². The summed E-state index contributed by atoms with van der Waals surface area (Å²) in [5.41, 5.74) is 1.43. The third kappa shape index (κ3) is 3.91. The lowest BCUT2D eigenvalue weighted by Crippen LogP contribution is -2.61. The van der Waals surface area contributed by atoms with Crippen LogP contribution in [-0.4, -0.2) is 73.0 Å². The highest BCUT2D eigenvalue weighted by atomic mass is 16.5. The van der Waals surface area contributed by atoms with E-state index in [1.54, 1.807) is 7.11 Å². The lowest BCUT2D eigenvalue weighted by molar-refractivity contribution is -0.140. The van der Waals surface area contributed by atoms with Crippen LogP contribution in [0, 0.1) is 11.8 Å². The van der Waals surface area contributed by atoms with Gasteiger partial charge in [0.15, 0.2) is 0 Å². The second-order valence-corrected chi connectivity index (χ2v) is 9.63. The smallest absolute Gasteiger partial charge is 0.236 e. The van der Waals surface area contributed by atoms with Gasteiger partial charge in [0.05, 0.1) is 13.7 Å². The summed E-state index contributed by atoms with van der Waals surface area (Å²) >= 11 is 0. The van der Waals surface area contributed by atoms with Gasteiger partial charge in [-0.2, -0.15) is 0 Å². The summed E-state index contributed by atoms with van der Waals surface area (Å²) in [6.07, 6.45) is 7.65. The highest BCUT2D eigenvalue weighted by Crippen LogP contribution is 2.44. The second kappa shape index (κ2) is 8.27. The van der Waals surface area contributed by atoms with Crippen LogP contribution in [0.3, 0.4) is 0 Å². The number of benzene rings is 1. The van der Waals surface area contributed by atoms with Crippen LogP contribution in [0.15, 0.2) is 24.3 Å². The zero-order valence-corrected chi connectivity index (χ0v) is 17.8. The highest BCUT2D eigenvalue weighted by molar-refractivity contribution is 5.78. The van der Waals surface area contributed by atoms with Crippen LogP contribution in [0.25, 0.3) is 0 Å². The van der Waals surface area contributed by atoms with Crippen molar-refractivity contribution in [2.75, 3.05) is 46.4 Å². The van der Waals surface area contributed by atoms with Crippen LogP contribution >= 0.6 is 0 Å². The Kier molecular flexibility index (Phi) is 5.53. The molecule has 0 aliphatic carbocycles. The number of methoxy groups -OCH3 is 1. The first-order chi connectivity index (χ1) is 14.2. The Balaban J connectivity index is 1.28. The van der Waals surface area contributed by atoms with Crippen LogP contribution < -0.4 is 4.74 Å². The second-order valence-electron chi connectivity index (χ2n) is 9.63. The molecular weight excluding hydrogens is 362 g/mol. The lowest BCUT2D eigenvalue weighted by atomic mass is 9.74. The Morgan fingerprint density at radius 3 is 2.59 bits per heavy atom. The lowest BCUT2D eigenvalue weighted by Gasteiger charge is -2.55. The molecule has 29 heavy (non-hydrogen) atoms. The molecule has 5 nitrogen and oxygen atoms in total. The number of carbonyl (C=O) groups excluding carboxylic acids is 1. The van der Waals surface area contributed by atoms with E-state index in [0.717, 1.165) is 38.5 Å². The van der Waals surface area contributed by atoms with Crippen molar-refractivity contribution in [3.63, 3.8) is 0 Å². The molecule has 4 atom stereocenters. The summed E-state index contributed by atoms with van der Waals surface area (Å²) in [6, 6.07) is 9.86. The summed E-state index contributed by atoms with van der Waals surface area (Å²) in [7, 11) is 1.73. The molecule has 4 aliphatic heterocycles. The maximum atomic E-state index is 13.0. The Labute approximate surface area is 175 Å². The summed E-state index contributed by atoms with van der Waals surface area (Å²) < 4.78 is 5.35. The average Bonchev–Trinajstić information content (AvgIpc) is 3.26. The standard InChI is InChI=1S/C24H35N3O2/c1-29-21-9-7-19(8-10-21)22-5-4-6-23-20-13-18(15-27(22)23)14-26(16-20)24(28)17-25-11-2-3-12-25/h7-10,18,20,22-23H,2-6,11-17H2,1H3/t18-,20+,22+,23-/m0/s1. The van der Waals surface area contributed by atoms with E-state index in [4.69, 9.17) is 4.74 Å². The van der Waals surface area contributed by atoms with Crippen molar-refractivity contribution in [1.29, 1.82) is 0 Å². The average molecular weight is 398 g/mol. The molecule has 2 bridgehead atoms. The number of ether oxygens (including phenoxy) is 1. The number of hydrogen-bond acceptors (Lipinski definition) is 4. The van der Waals surface area contributed by atoms with Crippen LogP contribution in [0.2, 0.25) is 0 Å². The molecule has 5 heteroatoms. The molecule has 0 aromatic heterocycles. The van der Waals surface area contributed by atoms with E-state index in [1.807, 2.05) is 0 Å². The van der Waals surface area contributed by atoms with Gasteiger partial charge in [0, 0.05) is 31.7 Å². The summed E-state index contributed by atoms with van der Waals surface area (Å²) in [5.74, 6) is 2.58. The zero-order chi connectivity index (χ0) is 19.8. The molecule has 4 saturated heterocycles. The monoisotopic (exact) mass is 397 g/mol. The molecule has 1 amide bonds. The van der Waals surface area contributed by atoms with Gasteiger partial charge in [-0.1, -0.05) is 12.1 Å². The maximum Gasteiger partial charge on any atom is 0.236 e. The number of carbonyl (C=O) groups is 1. The molecule has 4 heterocycles. The Morgan fingerprint density at radius 2 is 1.83 bits per heavy atom. The molecule has 5 rings (SSSR count). The van der Waals surface area contributed by atoms with Gasteiger partial charge in [0.2, 0.25) is 5.91 Å². The quantitative estimate of drug-likeness (QED) is 0.782. The Hall–Kier alpha value is -1.59. The van der Waals surface area contributed by atoms with Gasteiger partial charge in [-0.15, -0.1) is 0 Å². The summed E-state index contributed by atoms with van der Waals surface area (Å²) in [5, 5.41) is 0. The van der Waals surface area contributed by atoms with E-state index in [9.17, 15) is 4.79 Å². The molecule has 0 N–H and O–H groups in total. The van der Waals surface area contributed by atoms with E-state index >= 15 is 0 Å². The number of nitrogens with zero attached hydrogens (tertiary/aromatic N) is 3. The highest BCUT2D eigenvalue weighted by Gasteiger charge is 2.45. The van der Waals surface area contributed by atoms with E-state index < -0.39 is 0 Å². The maximum absolute atomic E-state index is 13.0. The largest absolute Gasteiger partial charge is 0.497 e. The molecule has 4 fully saturated rings. The molecule has 1 aromatic carbocycles. The number of rotatable bonds is 4. The summed E-state index contributed by atoms with van der Waals surface area (Å²) in [4.78, 5) is 20.3. The first-order valence-electron chi connectivity index (χ1n) is 11.6. The van der Waals surface area contributed by atoms with Crippen molar-refractivity contribution in [3.8, 4) is 5.75 Å². The van der Waals surface area contributed by atoms with Gasteiger partial charge in [-0.25, -0.2) is 0 Å². The first-order valence-corrected chi connectivity index (χ1v) is 11.6. The Morgan fingerprint density at radius 1 is 1.03 bits per heavy atom. The van der Waals surface area contributed by atoms with Gasteiger partial charge in [0.1, 0.15) is 5.75 Å². The number of amides is 1. The van der Waals surface area contributed by atoms with Gasteiger partial charge in [0.25, 0.3) is 0 Å². The van der Waals surface area contributed by atoms with Crippen LogP contribution in [0.5, 0.6) is 5.75 Å². The van der Waals surface area contributed by atoms with Crippen molar-refractivity contribution in [3.05, 3.63) is 29.8 Å². The molecular formula is C24H35N3O2. The van der Waals surface area contributed by atoms with Crippen molar-refractivity contribution >= 4 is 5.91 Å². The normalized spacial score (nSPS) is 32.8. The fourth-order valence-corrected chi connectivity index (χ4v) is 6.43. The van der Waals surface area contributed by atoms with E-state index in [2.05, 4.69) is 39.0 Å². The zero-order valence-electron chi connectivity index (χ0n) is 17.8. The van der Waals surface area contributed by atoms with Crippen molar-refractivity contribution < 1.29 is 9.53 Å². The fraction of sp³-hybridized carbons (Fsp3) is 0.708. The van der Waals surface area contributed by atoms with Crippen molar-refractivity contribution in [1.82, 2.24) is 14.7 Å². The topological polar surface area (TPSA) is 36.0 Å². The number of likely N-dealkylation sites (tertiary alicyclic amines) is 2. The minimum Gasteiger partial charge on any atom is -0.497 e. The molecule has 0 unspecified atom stereocenters. The first kappa shape index (κ1) is 19.4.